The lowest BCUT2D eigenvalue weighted by molar-refractivity contribution is -0.0194. The molecule has 8 heteroatoms. The normalized spacial score (nSPS) is 26.9. The number of rotatable bonds is 6. The van der Waals surface area contributed by atoms with E-state index < -0.39 is 30.0 Å². The molecular formula is C21H36BrFN2O2SSi. The zero-order chi connectivity index (χ0) is 22.5. The molecule has 1 aromatic rings. The molecule has 2 rings (SSSR count). The van der Waals surface area contributed by atoms with Gasteiger partial charge in [-0.2, -0.15) is 0 Å². The number of hydrogen-bond acceptors (Lipinski definition) is 4. The summed E-state index contributed by atoms with van der Waals surface area (Å²) >= 11 is 1.94. The van der Waals surface area contributed by atoms with Gasteiger partial charge in [0.15, 0.2) is 8.32 Å². The van der Waals surface area contributed by atoms with Crippen LogP contribution in [0.2, 0.25) is 18.1 Å². The van der Waals surface area contributed by atoms with Crippen molar-refractivity contribution in [1.82, 2.24) is 9.71 Å². The van der Waals surface area contributed by atoms with Crippen LogP contribution in [0.4, 0.5) is 4.39 Å². The smallest absolute Gasteiger partial charge is 0.192 e. The van der Waals surface area contributed by atoms with Crippen molar-refractivity contribution < 1.29 is 13.4 Å². The van der Waals surface area contributed by atoms with Crippen molar-refractivity contribution in [3.8, 4) is 0 Å². The van der Waals surface area contributed by atoms with Crippen molar-refractivity contribution >= 4 is 35.6 Å². The van der Waals surface area contributed by atoms with Crippen LogP contribution < -0.4 is 4.72 Å². The van der Waals surface area contributed by atoms with E-state index in [1.54, 1.807) is 6.20 Å². The second kappa shape index (κ2) is 8.17. The maximum Gasteiger partial charge on any atom is 0.192 e. The molecule has 0 saturated heterocycles. The van der Waals surface area contributed by atoms with Gasteiger partial charge in [-0.3, -0.25) is 4.98 Å². The average molecular weight is 508 g/mol. The molecule has 166 valence electrons. The molecule has 1 saturated carbocycles. The maximum atomic E-state index is 14.8. The molecule has 1 N–H and O–H groups in total. The first kappa shape index (κ1) is 25.3. The van der Waals surface area contributed by atoms with Gasteiger partial charge in [0, 0.05) is 28.6 Å². The fraction of sp³-hybridized carbons (Fsp3) is 0.762. The fourth-order valence-corrected chi connectivity index (χ4v) is 5.81. The van der Waals surface area contributed by atoms with Gasteiger partial charge in [0.1, 0.15) is 21.8 Å². The Kier molecular flexibility index (Phi) is 7.12. The molecule has 0 radical (unpaired) electrons. The molecule has 29 heavy (non-hydrogen) atoms. The Hall–Kier alpha value is 0.00688. The SMILES string of the molecule is CC(C)(C)[S+]([O-])N[C@]1(c2ncc(Br)cc2F)C[C@](C)(CO[Si](C)(C)C(C)(C)C)C1. The molecule has 1 unspecified atom stereocenters. The number of nitrogens with one attached hydrogen (secondary N) is 1. The number of hydrogen-bond donors (Lipinski definition) is 1. The second-order valence-corrected chi connectivity index (χ2v) is 19.0. The Balaban J connectivity index is 2.26. The first-order valence-electron chi connectivity index (χ1n) is 10.1. The standard InChI is InChI=1S/C21H36BrFN2O2SSi/c1-18(2,3)28(26)25-21(17-16(23)10-15(22)11-24-17)12-20(7,13-21)14-27-29(8,9)19(4,5)6/h10-11,25H,12-14H2,1-9H3/t20-,21+,28?. The van der Waals surface area contributed by atoms with Crippen LogP contribution in [0.1, 0.15) is 67.0 Å². The summed E-state index contributed by atoms with van der Waals surface area (Å²) in [7, 11) is -1.88. The summed E-state index contributed by atoms with van der Waals surface area (Å²) in [5.74, 6) is -0.384. The molecule has 0 aliphatic heterocycles. The van der Waals surface area contributed by atoms with Gasteiger partial charge in [-0.05, 0) is 79.2 Å². The van der Waals surface area contributed by atoms with Crippen LogP contribution in [0.15, 0.2) is 16.7 Å². The van der Waals surface area contributed by atoms with Crippen molar-refractivity contribution in [1.29, 1.82) is 0 Å². The van der Waals surface area contributed by atoms with Gasteiger partial charge < -0.3 is 8.98 Å². The quantitative estimate of drug-likeness (QED) is 0.376. The lowest BCUT2D eigenvalue weighted by Gasteiger charge is -2.55. The minimum Gasteiger partial charge on any atom is -0.598 e. The Morgan fingerprint density at radius 3 is 2.28 bits per heavy atom. The first-order valence-corrected chi connectivity index (χ1v) is 14.9. The number of pyridine rings is 1. The Morgan fingerprint density at radius 2 is 1.83 bits per heavy atom. The third-order valence-electron chi connectivity index (χ3n) is 6.15. The zero-order valence-corrected chi connectivity index (χ0v) is 22.6. The van der Waals surface area contributed by atoms with Gasteiger partial charge in [-0.25, -0.2) is 4.39 Å². The van der Waals surface area contributed by atoms with E-state index in [-0.39, 0.29) is 16.3 Å². The Bertz CT molecular complexity index is 743. The summed E-state index contributed by atoms with van der Waals surface area (Å²) in [5.41, 5.74) is -0.539. The lowest BCUT2D eigenvalue weighted by atomic mass is 9.57. The molecule has 0 spiro atoms. The molecular weight excluding hydrogens is 471 g/mol. The van der Waals surface area contributed by atoms with E-state index >= 15 is 0 Å². The van der Waals surface area contributed by atoms with Crippen LogP contribution in [-0.2, 0) is 21.3 Å². The van der Waals surface area contributed by atoms with Gasteiger partial charge >= 0.3 is 0 Å². The summed E-state index contributed by atoms with van der Waals surface area (Å²) in [6.45, 7) is 19.7. The zero-order valence-electron chi connectivity index (χ0n) is 19.2. The highest BCUT2D eigenvalue weighted by atomic mass is 79.9. The van der Waals surface area contributed by atoms with E-state index in [9.17, 15) is 8.94 Å². The largest absolute Gasteiger partial charge is 0.598 e. The monoisotopic (exact) mass is 506 g/mol. The molecule has 1 atom stereocenters. The van der Waals surface area contributed by atoms with Crippen molar-refractivity contribution in [3.05, 3.63) is 28.2 Å². The molecule has 1 heterocycles. The van der Waals surface area contributed by atoms with E-state index in [1.807, 2.05) is 20.8 Å². The van der Waals surface area contributed by atoms with Crippen LogP contribution in [0.25, 0.3) is 0 Å². The van der Waals surface area contributed by atoms with Crippen molar-refractivity contribution in [2.45, 2.75) is 89.7 Å². The molecule has 0 aromatic carbocycles. The highest BCUT2D eigenvalue weighted by Crippen LogP contribution is 2.55. The highest BCUT2D eigenvalue weighted by Gasteiger charge is 2.59. The summed E-state index contributed by atoms with van der Waals surface area (Å²) in [6.07, 6.45) is 2.85. The van der Waals surface area contributed by atoms with Crippen LogP contribution in [0.5, 0.6) is 0 Å². The average Bonchev–Trinajstić information content (AvgIpc) is 2.49. The number of halogens is 2. The van der Waals surface area contributed by atoms with Gasteiger partial charge in [0.2, 0.25) is 0 Å². The Morgan fingerprint density at radius 1 is 1.28 bits per heavy atom. The minimum absolute atomic E-state index is 0.119. The summed E-state index contributed by atoms with van der Waals surface area (Å²) < 4.78 is 37.6. The maximum absolute atomic E-state index is 14.8. The predicted octanol–water partition coefficient (Wildman–Crippen LogP) is 6.05. The molecule has 0 amide bonds. The van der Waals surface area contributed by atoms with Gasteiger partial charge in [-0.1, -0.05) is 27.7 Å². The van der Waals surface area contributed by atoms with E-state index in [2.05, 4.69) is 66.4 Å². The predicted molar refractivity (Wildman–Crippen MR) is 125 cm³/mol. The summed E-state index contributed by atoms with van der Waals surface area (Å²) in [4.78, 5) is 4.37. The van der Waals surface area contributed by atoms with Crippen LogP contribution in [0.3, 0.4) is 0 Å². The van der Waals surface area contributed by atoms with Crippen molar-refractivity contribution in [2.24, 2.45) is 5.41 Å². The number of aromatic nitrogens is 1. The first-order chi connectivity index (χ1) is 12.9. The van der Waals surface area contributed by atoms with E-state index in [0.717, 1.165) is 0 Å². The molecule has 1 aliphatic carbocycles. The van der Waals surface area contributed by atoms with Crippen LogP contribution in [0, 0.1) is 11.2 Å². The fourth-order valence-electron chi connectivity index (χ4n) is 3.46. The lowest BCUT2D eigenvalue weighted by Crippen LogP contribution is -2.63. The highest BCUT2D eigenvalue weighted by molar-refractivity contribution is 9.10. The Labute approximate surface area is 188 Å². The molecule has 1 aromatic heterocycles. The summed E-state index contributed by atoms with van der Waals surface area (Å²) in [5, 5.41) is 0.134. The molecule has 0 bridgehead atoms. The van der Waals surface area contributed by atoms with Gasteiger partial charge in [0.25, 0.3) is 0 Å². The summed E-state index contributed by atoms with van der Waals surface area (Å²) in [6, 6.07) is 1.42. The van der Waals surface area contributed by atoms with Gasteiger partial charge in [0.05, 0.1) is 0 Å². The second-order valence-electron chi connectivity index (χ2n) is 11.3. The molecule has 1 aliphatic rings. The van der Waals surface area contributed by atoms with E-state index in [0.29, 0.717) is 29.6 Å². The van der Waals surface area contributed by atoms with Crippen molar-refractivity contribution in [3.63, 3.8) is 0 Å². The van der Waals surface area contributed by atoms with E-state index in [1.165, 1.54) is 6.07 Å². The van der Waals surface area contributed by atoms with Gasteiger partial charge in [-0.15, -0.1) is 4.72 Å². The molecule has 1 fully saturated rings. The van der Waals surface area contributed by atoms with Crippen LogP contribution >= 0.6 is 15.9 Å². The molecule has 4 nitrogen and oxygen atoms in total. The topological polar surface area (TPSA) is 57.2 Å². The van der Waals surface area contributed by atoms with Crippen LogP contribution in [-0.4, -0.2) is 29.2 Å². The van der Waals surface area contributed by atoms with E-state index in [4.69, 9.17) is 4.43 Å². The third-order valence-corrected chi connectivity index (χ3v) is 12.8. The minimum atomic E-state index is -1.88. The number of nitrogens with zero attached hydrogens (tertiary/aromatic N) is 1. The van der Waals surface area contributed by atoms with Crippen molar-refractivity contribution in [2.75, 3.05) is 6.61 Å². The third kappa shape index (κ3) is 5.63.